The predicted octanol–water partition coefficient (Wildman–Crippen LogP) is 3.31. The van der Waals surface area contributed by atoms with Gasteiger partial charge in [-0.2, -0.15) is 0 Å². The van der Waals surface area contributed by atoms with Crippen molar-refractivity contribution in [1.82, 2.24) is 0 Å². The SMILES string of the molecule is COc1cc(Br)cc(NCc2ccc(C(N)=O)cc2F)c1. The number of hydrogen-bond donors (Lipinski definition) is 2. The number of ether oxygens (including phenoxy) is 1. The summed E-state index contributed by atoms with van der Waals surface area (Å²) in [4.78, 5) is 11.0. The van der Waals surface area contributed by atoms with E-state index in [0.717, 1.165) is 16.2 Å². The number of rotatable bonds is 5. The quantitative estimate of drug-likeness (QED) is 0.867. The molecule has 0 aliphatic carbocycles. The molecular formula is C15H14BrFN2O2. The Morgan fingerprint density at radius 2 is 2.10 bits per heavy atom. The van der Waals surface area contributed by atoms with Crippen LogP contribution in [0.3, 0.4) is 0 Å². The van der Waals surface area contributed by atoms with Gasteiger partial charge in [0, 0.05) is 33.9 Å². The van der Waals surface area contributed by atoms with Gasteiger partial charge < -0.3 is 15.8 Å². The molecule has 110 valence electrons. The number of halogens is 2. The number of benzene rings is 2. The van der Waals surface area contributed by atoms with Crippen molar-refractivity contribution in [2.45, 2.75) is 6.54 Å². The van der Waals surface area contributed by atoms with Crippen LogP contribution in [0.4, 0.5) is 10.1 Å². The fourth-order valence-corrected chi connectivity index (χ4v) is 2.30. The highest BCUT2D eigenvalue weighted by Gasteiger charge is 2.07. The Balaban J connectivity index is 2.13. The molecular weight excluding hydrogens is 339 g/mol. The lowest BCUT2D eigenvalue weighted by molar-refractivity contribution is 0.1000. The van der Waals surface area contributed by atoms with Crippen molar-refractivity contribution in [2.24, 2.45) is 5.73 Å². The molecule has 0 aromatic heterocycles. The lowest BCUT2D eigenvalue weighted by Crippen LogP contribution is -2.12. The fourth-order valence-electron chi connectivity index (χ4n) is 1.82. The van der Waals surface area contributed by atoms with Crippen molar-refractivity contribution in [3.8, 4) is 5.75 Å². The Morgan fingerprint density at radius 1 is 1.33 bits per heavy atom. The second kappa shape index (κ2) is 6.58. The number of amides is 1. The summed E-state index contributed by atoms with van der Waals surface area (Å²) in [5.74, 6) is -0.428. The highest BCUT2D eigenvalue weighted by Crippen LogP contribution is 2.25. The minimum absolute atomic E-state index is 0.153. The van der Waals surface area contributed by atoms with Crippen molar-refractivity contribution < 1.29 is 13.9 Å². The monoisotopic (exact) mass is 352 g/mol. The summed E-state index contributed by atoms with van der Waals surface area (Å²) in [5.41, 5.74) is 6.49. The lowest BCUT2D eigenvalue weighted by Gasteiger charge is -2.10. The predicted molar refractivity (Wildman–Crippen MR) is 82.9 cm³/mol. The molecule has 2 aromatic rings. The summed E-state index contributed by atoms with van der Waals surface area (Å²) in [7, 11) is 1.58. The molecule has 4 nitrogen and oxygen atoms in total. The zero-order valence-corrected chi connectivity index (χ0v) is 12.9. The number of methoxy groups -OCH3 is 1. The van der Waals surface area contributed by atoms with E-state index in [0.29, 0.717) is 11.3 Å². The van der Waals surface area contributed by atoms with Gasteiger partial charge in [0.15, 0.2) is 0 Å². The number of primary amides is 1. The minimum atomic E-state index is -0.648. The van der Waals surface area contributed by atoms with Gasteiger partial charge in [0.2, 0.25) is 5.91 Å². The molecule has 0 radical (unpaired) electrons. The number of carbonyl (C=O) groups is 1. The fraction of sp³-hybridized carbons (Fsp3) is 0.133. The number of nitrogens with one attached hydrogen (secondary N) is 1. The Labute approximate surface area is 130 Å². The maximum Gasteiger partial charge on any atom is 0.248 e. The van der Waals surface area contributed by atoms with Gasteiger partial charge in [-0.15, -0.1) is 0 Å². The highest BCUT2D eigenvalue weighted by molar-refractivity contribution is 9.10. The van der Waals surface area contributed by atoms with E-state index >= 15 is 0 Å². The van der Waals surface area contributed by atoms with Crippen LogP contribution in [0.1, 0.15) is 15.9 Å². The molecule has 0 saturated carbocycles. The van der Waals surface area contributed by atoms with Crippen molar-refractivity contribution in [2.75, 3.05) is 12.4 Å². The molecule has 21 heavy (non-hydrogen) atoms. The molecule has 0 fully saturated rings. The first-order valence-corrected chi connectivity index (χ1v) is 6.95. The topological polar surface area (TPSA) is 64.3 Å². The summed E-state index contributed by atoms with van der Waals surface area (Å²) in [6.07, 6.45) is 0. The number of anilines is 1. The first-order valence-electron chi connectivity index (χ1n) is 6.16. The van der Waals surface area contributed by atoms with Crippen molar-refractivity contribution >= 4 is 27.5 Å². The third-order valence-corrected chi connectivity index (χ3v) is 3.39. The zero-order valence-electron chi connectivity index (χ0n) is 11.3. The Hall–Kier alpha value is -2.08. The molecule has 1 amide bonds. The van der Waals surface area contributed by atoms with Crippen LogP contribution < -0.4 is 15.8 Å². The minimum Gasteiger partial charge on any atom is -0.497 e. The van der Waals surface area contributed by atoms with Crippen LogP contribution in [0.15, 0.2) is 40.9 Å². The molecule has 0 bridgehead atoms. The molecule has 2 aromatic carbocycles. The van der Waals surface area contributed by atoms with Crippen LogP contribution in [-0.4, -0.2) is 13.0 Å². The smallest absolute Gasteiger partial charge is 0.248 e. The van der Waals surface area contributed by atoms with Gasteiger partial charge >= 0.3 is 0 Å². The van der Waals surface area contributed by atoms with E-state index in [1.165, 1.54) is 12.1 Å². The molecule has 3 N–H and O–H groups in total. The van der Waals surface area contributed by atoms with Crippen molar-refractivity contribution in [3.63, 3.8) is 0 Å². The van der Waals surface area contributed by atoms with Gasteiger partial charge in [-0.3, -0.25) is 4.79 Å². The summed E-state index contributed by atoms with van der Waals surface area (Å²) in [5, 5.41) is 3.10. The van der Waals surface area contributed by atoms with Gasteiger partial charge in [0.1, 0.15) is 11.6 Å². The van der Waals surface area contributed by atoms with Crippen LogP contribution in [0.25, 0.3) is 0 Å². The van der Waals surface area contributed by atoms with E-state index in [-0.39, 0.29) is 12.1 Å². The molecule has 0 saturated heterocycles. The van der Waals surface area contributed by atoms with Gasteiger partial charge in [0.05, 0.1) is 7.11 Å². The average Bonchev–Trinajstić information content (AvgIpc) is 2.45. The number of nitrogens with two attached hydrogens (primary N) is 1. The standard InChI is InChI=1S/C15H14BrFN2O2/c1-21-13-6-11(16)5-12(7-13)19-8-10-3-2-9(15(18)20)4-14(10)17/h2-7,19H,8H2,1H3,(H2,18,20). The number of hydrogen-bond acceptors (Lipinski definition) is 3. The van der Waals surface area contributed by atoms with Crippen LogP contribution in [-0.2, 0) is 6.54 Å². The maximum absolute atomic E-state index is 13.9. The molecule has 0 aliphatic heterocycles. The molecule has 0 aliphatic rings. The van der Waals surface area contributed by atoms with E-state index in [2.05, 4.69) is 21.2 Å². The third-order valence-electron chi connectivity index (χ3n) is 2.93. The molecule has 0 spiro atoms. The van der Waals surface area contributed by atoms with E-state index in [1.54, 1.807) is 13.2 Å². The highest BCUT2D eigenvalue weighted by atomic mass is 79.9. The second-order valence-corrected chi connectivity index (χ2v) is 5.32. The first kappa shape index (κ1) is 15.3. The second-order valence-electron chi connectivity index (χ2n) is 4.40. The van der Waals surface area contributed by atoms with Gasteiger partial charge in [-0.25, -0.2) is 4.39 Å². The van der Waals surface area contributed by atoms with Crippen molar-refractivity contribution in [3.05, 3.63) is 57.8 Å². The molecule has 0 heterocycles. The Bertz CT molecular complexity index is 677. The van der Waals surface area contributed by atoms with Crippen LogP contribution in [0.5, 0.6) is 5.75 Å². The van der Waals surface area contributed by atoms with E-state index in [4.69, 9.17) is 10.5 Å². The van der Waals surface area contributed by atoms with Crippen LogP contribution >= 0.6 is 15.9 Å². The summed E-state index contributed by atoms with van der Waals surface area (Å²) in [6.45, 7) is 0.282. The summed E-state index contributed by atoms with van der Waals surface area (Å²) >= 11 is 3.37. The van der Waals surface area contributed by atoms with Gasteiger partial charge in [-0.05, 0) is 24.3 Å². The summed E-state index contributed by atoms with van der Waals surface area (Å²) in [6, 6.07) is 9.68. The first-order chi connectivity index (χ1) is 9.99. The Kier molecular flexibility index (Phi) is 4.80. The van der Waals surface area contributed by atoms with E-state index < -0.39 is 11.7 Å². The lowest BCUT2D eigenvalue weighted by atomic mass is 10.1. The molecule has 6 heteroatoms. The zero-order chi connectivity index (χ0) is 15.4. The maximum atomic E-state index is 13.9. The third kappa shape index (κ3) is 3.95. The van der Waals surface area contributed by atoms with Gasteiger partial charge in [-0.1, -0.05) is 22.0 Å². The van der Waals surface area contributed by atoms with Crippen LogP contribution in [0.2, 0.25) is 0 Å². The Morgan fingerprint density at radius 3 is 2.71 bits per heavy atom. The van der Waals surface area contributed by atoms with E-state index in [1.807, 2.05) is 12.1 Å². The molecule has 0 unspecified atom stereocenters. The molecule has 0 atom stereocenters. The van der Waals surface area contributed by atoms with Crippen molar-refractivity contribution in [1.29, 1.82) is 0 Å². The number of carbonyl (C=O) groups excluding carboxylic acids is 1. The van der Waals surface area contributed by atoms with E-state index in [9.17, 15) is 9.18 Å². The molecule has 2 rings (SSSR count). The van der Waals surface area contributed by atoms with Gasteiger partial charge in [0.25, 0.3) is 0 Å². The normalized spacial score (nSPS) is 10.2. The summed E-state index contributed by atoms with van der Waals surface area (Å²) < 4.78 is 19.9. The average molecular weight is 353 g/mol. The van der Waals surface area contributed by atoms with Crippen LogP contribution in [0, 0.1) is 5.82 Å². The largest absolute Gasteiger partial charge is 0.497 e.